The van der Waals surface area contributed by atoms with Gasteiger partial charge in [-0.05, 0) is 54.6 Å². The zero-order chi connectivity index (χ0) is 20.2. The summed E-state index contributed by atoms with van der Waals surface area (Å²) in [5.74, 6) is -0.243. The lowest BCUT2D eigenvalue weighted by Crippen LogP contribution is -2.17. The Morgan fingerprint density at radius 3 is 2.53 bits per heavy atom. The second-order valence-corrected chi connectivity index (χ2v) is 8.27. The number of aromatic nitrogens is 3. The van der Waals surface area contributed by atoms with Gasteiger partial charge < -0.3 is 4.98 Å². The Hall–Kier alpha value is -3.44. The molecule has 0 saturated heterocycles. The lowest BCUT2D eigenvalue weighted by Gasteiger charge is -2.03. The van der Waals surface area contributed by atoms with Crippen LogP contribution in [0.25, 0.3) is 44.3 Å². The molecule has 0 spiro atoms. The minimum Gasteiger partial charge on any atom is -0.351 e. The molecule has 0 aliphatic carbocycles. The van der Waals surface area contributed by atoms with E-state index in [0.29, 0.717) is 0 Å². The summed E-state index contributed by atoms with van der Waals surface area (Å²) in [4.78, 5) is 3.60. The van der Waals surface area contributed by atoms with Gasteiger partial charge in [0.2, 0.25) is 5.52 Å². The summed E-state index contributed by atoms with van der Waals surface area (Å²) in [6.07, 6.45) is 4.15. The van der Waals surface area contributed by atoms with Crippen LogP contribution in [0.2, 0.25) is 0 Å². The molecule has 3 heterocycles. The molecule has 3 aromatic carbocycles. The predicted molar refractivity (Wildman–Crippen MR) is 121 cm³/mol. The smallest absolute Gasteiger partial charge is 0.254 e. The van der Waals surface area contributed by atoms with E-state index in [1.54, 1.807) is 0 Å². The molecule has 0 aliphatic rings. The third-order valence-corrected chi connectivity index (χ3v) is 6.05. The number of fused-ring (bicyclic) bond motifs is 5. The van der Waals surface area contributed by atoms with Crippen molar-refractivity contribution in [2.75, 3.05) is 0 Å². The number of hydrogen-bond donors (Lipinski definition) is 1. The third kappa shape index (κ3) is 2.59. The first-order valence-electron chi connectivity index (χ1n) is 9.67. The van der Waals surface area contributed by atoms with Gasteiger partial charge in [0.25, 0.3) is 6.33 Å². The molecule has 0 amide bonds. The number of para-hydroxylation sites is 1. The number of halogens is 2. The van der Waals surface area contributed by atoms with Gasteiger partial charge in [0, 0.05) is 26.3 Å². The number of nitrogens with zero attached hydrogens (tertiary/aromatic N) is 2. The van der Waals surface area contributed by atoms with Crippen LogP contribution in [-0.2, 0) is 0 Å². The van der Waals surface area contributed by atoms with E-state index >= 15 is 0 Å². The lowest BCUT2D eigenvalue weighted by molar-refractivity contribution is -0.510. The van der Waals surface area contributed by atoms with Crippen LogP contribution >= 0.6 is 15.9 Å². The Morgan fingerprint density at radius 2 is 1.70 bits per heavy atom. The summed E-state index contributed by atoms with van der Waals surface area (Å²) < 4.78 is 19.0. The van der Waals surface area contributed by atoms with Crippen molar-refractivity contribution >= 4 is 43.3 Å². The topological polar surface area (TPSA) is 24.8 Å². The van der Waals surface area contributed by atoms with E-state index in [-0.39, 0.29) is 5.82 Å². The second-order valence-electron chi connectivity index (χ2n) is 7.35. The van der Waals surface area contributed by atoms with E-state index in [2.05, 4.69) is 78.8 Å². The van der Waals surface area contributed by atoms with Gasteiger partial charge in [-0.2, -0.15) is 8.97 Å². The fourth-order valence-corrected chi connectivity index (χ4v) is 4.61. The Morgan fingerprint density at radius 1 is 0.867 bits per heavy atom. The van der Waals surface area contributed by atoms with Gasteiger partial charge in [0.15, 0.2) is 5.69 Å². The maximum absolute atomic E-state index is 13.7. The van der Waals surface area contributed by atoms with E-state index in [4.69, 9.17) is 0 Å². The monoisotopic (exact) mass is 456 g/mol. The van der Waals surface area contributed by atoms with Crippen molar-refractivity contribution in [1.29, 1.82) is 0 Å². The summed E-state index contributed by atoms with van der Waals surface area (Å²) in [7, 11) is 0. The minimum atomic E-state index is -0.243. The SMILES string of the molecule is Fc1ccc(-c2c3c4[nH]c5ccccc5c4cc[n+]3cn2-c2cccc(Br)c2)cc1. The molecular weight excluding hydrogens is 441 g/mol. The molecule has 3 nitrogen and oxygen atoms in total. The zero-order valence-electron chi connectivity index (χ0n) is 15.8. The van der Waals surface area contributed by atoms with Crippen molar-refractivity contribution in [3.8, 4) is 16.9 Å². The van der Waals surface area contributed by atoms with Crippen LogP contribution in [0.4, 0.5) is 4.39 Å². The summed E-state index contributed by atoms with van der Waals surface area (Å²) >= 11 is 3.58. The highest BCUT2D eigenvalue weighted by Crippen LogP contribution is 2.34. The fraction of sp³-hybridized carbons (Fsp3) is 0. The fourth-order valence-electron chi connectivity index (χ4n) is 4.22. The molecule has 3 aromatic heterocycles. The number of H-pyrrole nitrogens is 1. The number of aromatic amines is 1. The minimum absolute atomic E-state index is 0.243. The number of rotatable bonds is 2. The zero-order valence-corrected chi connectivity index (χ0v) is 17.4. The Balaban J connectivity index is 1.79. The molecule has 1 N–H and O–H groups in total. The van der Waals surface area contributed by atoms with Crippen LogP contribution in [-0.4, -0.2) is 9.55 Å². The number of pyridine rings is 1. The molecule has 0 atom stereocenters. The molecule has 0 aliphatic heterocycles. The molecule has 0 fully saturated rings. The van der Waals surface area contributed by atoms with E-state index in [1.807, 2.05) is 30.3 Å². The van der Waals surface area contributed by atoms with Crippen molar-refractivity contribution in [2.24, 2.45) is 0 Å². The van der Waals surface area contributed by atoms with Gasteiger partial charge in [0.1, 0.15) is 11.5 Å². The summed E-state index contributed by atoms with van der Waals surface area (Å²) in [6, 6.07) is 25.3. The first kappa shape index (κ1) is 17.4. The number of nitrogens with one attached hydrogen (secondary N) is 1. The normalized spacial score (nSPS) is 11.7. The van der Waals surface area contributed by atoms with Crippen LogP contribution in [0, 0.1) is 5.82 Å². The first-order chi connectivity index (χ1) is 14.7. The van der Waals surface area contributed by atoms with Gasteiger partial charge in [0.05, 0.1) is 11.7 Å². The highest BCUT2D eigenvalue weighted by molar-refractivity contribution is 9.10. The average Bonchev–Trinajstić information content (AvgIpc) is 3.33. The van der Waals surface area contributed by atoms with Crippen LogP contribution in [0.15, 0.2) is 95.9 Å². The highest BCUT2D eigenvalue weighted by Gasteiger charge is 2.25. The summed E-state index contributed by atoms with van der Waals surface area (Å²) in [5, 5.41) is 2.36. The quantitative estimate of drug-likeness (QED) is 0.291. The highest BCUT2D eigenvalue weighted by atomic mass is 79.9. The number of benzene rings is 3. The van der Waals surface area contributed by atoms with Crippen LogP contribution in [0.3, 0.4) is 0 Å². The molecule has 0 bridgehead atoms. The molecular formula is C25H16BrFN3+. The molecule has 6 aromatic rings. The Kier molecular flexibility index (Phi) is 3.80. The van der Waals surface area contributed by atoms with E-state index in [9.17, 15) is 4.39 Å². The van der Waals surface area contributed by atoms with Gasteiger partial charge in [-0.3, -0.25) is 0 Å². The average molecular weight is 457 g/mol. The van der Waals surface area contributed by atoms with E-state index < -0.39 is 0 Å². The van der Waals surface area contributed by atoms with Gasteiger partial charge in [-0.1, -0.05) is 40.2 Å². The van der Waals surface area contributed by atoms with Gasteiger partial charge in [-0.15, -0.1) is 0 Å². The molecule has 6 rings (SSSR count). The van der Waals surface area contributed by atoms with Crippen molar-refractivity contribution in [2.45, 2.75) is 0 Å². The Labute approximate surface area is 180 Å². The lowest BCUT2D eigenvalue weighted by atomic mass is 10.1. The van der Waals surface area contributed by atoms with Gasteiger partial charge >= 0.3 is 0 Å². The van der Waals surface area contributed by atoms with Gasteiger partial charge in [-0.25, -0.2) is 4.39 Å². The molecule has 5 heteroatoms. The molecule has 0 saturated carbocycles. The van der Waals surface area contributed by atoms with Crippen molar-refractivity contribution in [3.63, 3.8) is 0 Å². The second kappa shape index (κ2) is 6.54. The Bertz CT molecular complexity index is 1560. The maximum atomic E-state index is 13.7. The summed E-state index contributed by atoms with van der Waals surface area (Å²) in [6.45, 7) is 0. The summed E-state index contributed by atoms with van der Waals surface area (Å²) in [5.41, 5.74) is 6.19. The number of imidazole rings is 1. The molecule has 30 heavy (non-hydrogen) atoms. The molecule has 144 valence electrons. The van der Waals surface area contributed by atoms with Crippen LogP contribution in [0.5, 0.6) is 0 Å². The standard InChI is InChI=1S/C25H16BrFN3/c26-17-4-3-5-19(14-17)30-15-29-13-12-21-20-6-1-2-7-22(20)28-23(21)25(29)24(30)16-8-10-18(27)11-9-16/h1-15,28H/q+1. The molecule has 0 radical (unpaired) electrons. The van der Waals surface area contributed by atoms with Crippen LogP contribution < -0.4 is 4.40 Å². The van der Waals surface area contributed by atoms with Crippen molar-refractivity contribution in [3.05, 3.63) is 102 Å². The largest absolute Gasteiger partial charge is 0.351 e. The third-order valence-electron chi connectivity index (χ3n) is 5.55. The van der Waals surface area contributed by atoms with Crippen LogP contribution in [0.1, 0.15) is 0 Å². The van der Waals surface area contributed by atoms with Crippen molar-refractivity contribution in [1.82, 2.24) is 9.55 Å². The van der Waals surface area contributed by atoms with Crippen molar-refractivity contribution < 1.29 is 8.79 Å². The number of hydrogen-bond acceptors (Lipinski definition) is 0. The van der Waals surface area contributed by atoms with E-state index in [1.165, 1.54) is 22.9 Å². The van der Waals surface area contributed by atoms with E-state index in [0.717, 1.165) is 38.0 Å². The molecule has 0 unspecified atom stereocenters. The first-order valence-corrected chi connectivity index (χ1v) is 10.5. The maximum Gasteiger partial charge on any atom is 0.254 e. The predicted octanol–water partition coefficient (Wildman–Crippen LogP) is 6.42.